The van der Waals surface area contributed by atoms with Crippen LogP contribution in [0.2, 0.25) is 0 Å². The summed E-state index contributed by atoms with van der Waals surface area (Å²) in [4.78, 5) is 11.8. The molecule has 2 rings (SSSR count). The monoisotopic (exact) mass is 370 g/mol. The summed E-state index contributed by atoms with van der Waals surface area (Å²) in [7, 11) is -0.905. The molecule has 0 spiro atoms. The lowest BCUT2D eigenvalue weighted by Crippen LogP contribution is -2.41. The Morgan fingerprint density at radius 1 is 1.27 bits per heavy atom. The number of rotatable bonds is 4. The van der Waals surface area contributed by atoms with Gasteiger partial charge in [0.05, 0.1) is 17.3 Å². The van der Waals surface area contributed by atoms with Crippen molar-refractivity contribution in [3.8, 4) is 11.8 Å². The van der Waals surface area contributed by atoms with Crippen LogP contribution in [0.4, 0.5) is 18.9 Å². The lowest BCUT2D eigenvalue weighted by atomic mass is 9.77. The molecule has 1 saturated heterocycles. The van der Waals surface area contributed by atoms with E-state index in [0.717, 1.165) is 12.1 Å². The zero-order valence-corrected chi connectivity index (χ0v) is 14.7. The maximum atomic E-state index is 12.5. The fourth-order valence-electron chi connectivity index (χ4n) is 2.28. The van der Waals surface area contributed by atoms with Crippen LogP contribution in [0.1, 0.15) is 34.1 Å². The average molecular weight is 370 g/mol. The summed E-state index contributed by atoms with van der Waals surface area (Å²) in [5.74, 6) is -1.18. The second-order valence-corrected chi connectivity index (χ2v) is 6.77. The summed E-state index contributed by atoms with van der Waals surface area (Å²) in [6.45, 7) is 7.29. The number of benzene rings is 1. The quantitative estimate of drug-likeness (QED) is 0.825. The van der Waals surface area contributed by atoms with Gasteiger partial charge in [-0.3, -0.25) is 4.79 Å². The normalized spacial score (nSPS) is 18.3. The minimum absolute atomic E-state index is 0.0190. The number of amides is 1. The first-order valence-corrected chi connectivity index (χ1v) is 7.77. The number of nitriles is 1. The molecule has 1 fully saturated rings. The van der Waals surface area contributed by atoms with Gasteiger partial charge in [-0.2, -0.15) is 5.26 Å². The van der Waals surface area contributed by atoms with Crippen molar-refractivity contribution in [2.45, 2.75) is 51.7 Å². The Labute approximate surface area is 149 Å². The summed E-state index contributed by atoms with van der Waals surface area (Å²) in [5.41, 5.74) is -1.01. The van der Waals surface area contributed by atoms with Crippen molar-refractivity contribution in [2.75, 3.05) is 5.32 Å². The van der Waals surface area contributed by atoms with E-state index in [9.17, 15) is 18.0 Å². The van der Waals surface area contributed by atoms with Gasteiger partial charge in [-0.05, 0) is 33.8 Å². The van der Waals surface area contributed by atoms with Crippen LogP contribution in [-0.4, -0.2) is 30.6 Å². The Morgan fingerprint density at radius 2 is 1.85 bits per heavy atom. The molecule has 0 bridgehead atoms. The fraction of sp³-hybridized carbons (Fsp3) is 0.500. The molecule has 0 aliphatic carbocycles. The van der Waals surface area contributed by atoms with E-state index in [-0.39, 0.29) is 5.69 Å². The predicted octanol–water partition coefficient (Wildman–Crippen LogP) is 2.74. The third kappa shape index (κ3) is 4.48. The summed E-state index contributed by atoms with van der Waals surface area (Å²) in [6, 6.07) is 5.12. The summed E-state index contributed by atoms with van der Waals surface area (Å²) in [6.07, 6.45) is -5.33. The number of ether oxygens (including phenoxy) is 1. The van der Waals surface area contributed by atoms with Gasteiger partial charge in [0.15, 0.2) is 0 Å². The lowest BCUT2D eigenvalue weighted by Gasteiger charge is -2.32. The molecule has 0 aromatic heterocycles. The molecule has 1 N–H and O–H groups in total. The molecule has 1 aromatic carbocycles. The van der Waals surface area contributed by atoms with Crippen molar-refractivity contribution in [3.05, 3.63) is 18.2 Å². The molecule has 1 aliphatic rings. The van der Waals surface area contributed by atoms with E-state index in [4.69, 9.17) is 14.6 Å². The standard InChI is InChI=1S/C16H18BF3N2O4/c1-14(2)15(3,4)26-17(25-14)11-6-5-10(24-16(18,19)20)9-12(11)22-13(23)7-8-21/h5-6,9H,7H2,1-4H3,(H,22,23). The van der Waals surface area contributed by atoms with Crippen LogP contribution in [0.3, 0.4) is 0 Å². The number of halogens is 3. The molecule has 1 aromatic rings. The SMILES string of the molecule is CC1(C)OB(c2ccc(OC(F)(F)F)cc2NC(=O)CC#N)OC1(C)C. The smallest absolute Gasteiger partial charge is 0.406 e. The fourth-order valence-corrected chi connectivity index (χ4v) is 2.28. The molecule has 0 saturated carbocycles. The predicted molar refractivity (Wildman–Crippen MR) is 87.7 cm³/mol. The van der Waals surface area contributed by atoms with Crippen LogP contribution in [0.5, 0.6) is 5.75 Å². The maximum absolute atomic E-state index is 12.5. The summed E-state index contributed by atoms with van der Waals surface area (Å²) < 4.78 is 53.0. The van der Waals surface area contributed by atoms with E-state index in [0.29, 0.717) is 5.46 Å². The van der Waals surface area contributed by atoms with Crippen LogP contribution in [0.25, 0.3) is 0 Å². The molecule has 140 valence electrons. The Morgan fingerprint density at radius 3 is 2.35 bits per heavy atom. The Kier molecular flexibility index (Phi) is 5.26. The van der Waals surface area contributed by atoms with Gasteiger partial charge in [0.25, 0.3) is 0 Å². The van der Waals surface area contributed by atoms with Crippen LogP contribution in [0, 0.1) is 11.3 Å². The number of carbonyl (C=O) groups excluding carboxylic acids is 1. The molecular formula is C16H18BF3N2O4. The van der Waals surface area contributed by atoms with Gasteiger partial charge >= 0.3 is 13.5 Å². The zero-order chi connectivity index (χ0) is 19.8. The molecule has 6 nitrogen and oxygen atoms in total. The third-order valence-corrected chi connectivity index (χ3v) is 4.28. The Hall–Kier alpha value is -2.25. The van der Waals surface area contributed by atoms with Crippen LogP contribution < -0.4 is 15.5 Å². The van der Waals surface area contributed by atoms with Crippen LogP contribution in [0.15, 0.2) is 18.2 Å². The molecular weight excluding hydrogens is 352 g/mol. The van der Waals surface area contributed by atoms with E-state index < -0.39 is 42.8 Å². The van der Waals surface area contributed by atoms with Gasteiger partial charge in [0.2, 0.25) is 5.91 Å². The molecule has 0 atom stereocenters. The molecule has 1 amide bonds. The topological polar surface area (TPSA) is 80.6 Å². The van der Waals surface area contributed by atoms with Gasteiger partial charge in [0, 0.05) is 17.2 Å². The number of carbonyl (C=O) groups is 1. The molecule has 26 heavy (non-hydrogen) atoms. The molecule has 10 heteroatoms. The van der Waals surface area contributed by atoms with Crippen molar-refractivity contribution in [3.63, 3.8) is 0 Å². The van der Waals surface area contributed by atoms with Gasteiger partial charge < -0.3 is 19.4 Å². The third-order valence-electron chi connectivity index (χ3n) is 4.28. The molecule has 1 heterocycles. The number of hydrogen-bond donors (Lipinski definition) is 1. The zero-order valence-electron chi connectivity index (χ0n) is 14.7. The highest BCUT2D eigenvalue weighted by molar-refractivity contribution is 6.64. The van der Waals surface area contributed by atoms with Gasteiger partial charge in [-0.25, -0.2) is 0 Å². The van der Waals surface area contributed by atoms with Gasteiger partial charge in [-0.1, -0.05) is 6.07 Å². The highest BCUT2D eigenvalue weighted by Gasteiger charge is 2.52. The molecule has 0 unspecified atom stereocenters. The number of nitrogens with zero attached hydrogens (tertiary/aromatic N) is 1. The Bertz CT molecular complexity index is 728. The van der Waals surface area contributed by atoms with E-state index >= 15 is 0 Å². The average Bonchev–Trinajstić information content (AvgIpc) is 2.65. The summed E-state index contributed by atoms with van der Waals surface area (Å²) in [5, 5.41) is 11.0. The first-order valence-electron chi connectivity index (χ1n) is 7.77. The first kappa shape index (κ1) is 20.1. The summed E-state index contributed by atoms with van der Waals surface area (Å²) >= 11 is 0. The maximum Gasteiger partial charge on any atom is 0.573 e. The van der Waals surface area contributed by atoms with E-state index in [1.165, 1.54) is 6.07 Å². The van der Waals surface area contributed by atoms with Crippen molar-refractivity contribution >= 4 is 24.2 Å². The van der Waals surface area contributed by atoms with Gasteiger partial charge in [-0.15, -0.1) is 13.2 Å². The van der Waals surface area contributed by atoms with E-state index in [1.54, 1.807) is 6.07 Å². The number of anilines is 1. The number of hydrogen-bond acceptors (Lipinski definition) is 5. The lowest BCUT2D eigenvalue weighted by molar-refractivity contribution is -0.274. The largest absolute Gasteiger partial charge is 0.573 e. The van der Waals surface area contributed by atoms with E-state index in [2.05, 4.69) is 10.1 Å². The van der Waals surface area contributed by atoms with Crippen molar-refractivity contribution < 1.29 is 32.0 Å². The van der Waals surface area contributed by atoms with Crippen molar-refractivity contribution in [2.24, 2.45) is 0 Å². The number of nitrogens with one attached hydrogen (secondary N) is 1. The first-order chi connectivity index (χ1) is 11.8. The van der Waals surface area contributed by atoms with Crippen LogP contribution in [-0.2, 0) is 14.1 Å². The minimum atomic E-state index is -4.88. The van der Waals surface area contributed by atoms with Crippen molar-refractivity contribution in [1.82, 2.24) is 0 Å². The van der Waals surface area contributed by atoms with Crippen molar-refractivity contribution in [1.29, 1.82) is 5.26 Å². The molecule has 1 aliphatic heterocycles. The second-order valence-electron chi connectivity index (χ2n) is 6.77. The highest BCUT2D eigenvalue weighted by Crippen LogP contribution is 2.37. The van der Waals surface area contributed by atoms with E-state index in [1.807, 2.05) is 27.7 Å². The Balaban J connectivity index is 2.39. The minimum Gasteiger partial charge on any atom is -0.406 e. The second kappa shape index (κ2) is 6.81. The molecule has 0 radical (unpaired) electrons. The van der Waals surface area contributed by atoms with Crippen LogP contribution >= 0.6 is 0 Å². The highest BCUT2D eigenvalue weighted by atomic mass is 19.4. The van der Waals surface area contributed by atoms with Gasteiger partial charge in [0.1, 0.15) is 12.2 Å². The number of alkyl halides is 3.